The van der Waals surface area contributed by atoms with Crippen molar-refractivity contribution in [2.75, 3.05) is 0 Å². The Morgan fingerprint density at radius 1 is 0.966 bits per heavy atom. The van der Waals surface area contributed by atoms with Crippen molar-refractivity contribution in [2.24, 2.45) is 0 Å². The van der Waals surface area contributed by atoms with Gasteiger partial charge in [0.05, 0.1) is 9.79 Å². The van der Waals surface area contributed by atoms with Crippen LogP contribution < -0.4 is 0 Å². The topological polar surface area (TPSA) is 81.4 Å². The Bertz CT molecular complexity index is 1220. The number of nitrogens with zero attached hydrogens (tertiary/aromatic N) is 3. The first-order valence-corrected chi connectivity index (χ1v) is 10.6. The normalized spacial score (nSPS) is 11.0. The number of sulfone groups is 1. The van der Waals surface area contributed by atoms with Gasteiger partial charge in [0.2, 0.25) is 9.84 Å². The number of benzene rings is 1. The Morgan fingerprint density at radius 3 is 2.34 bits per heavy atom. The van der Waals surface area contributed by atoms with Crippen LogP contribution in [-0.4, -0.2) is 28.6 Å². The molecule has 0 atom stereocenters. The van der Waals surface area contributed by atoms with Gasteiger partial charge in [-0.1, -0.05) is 25.1 Å². The van der Waals surface area contributed by atoms with E-state index in [-0.39, 0.29) is 10.7 Å². The molecular weight excluding hydrogens is 386 g/mol. The Kier molecular flexibility index (Phi) is 6.19. The summed E-state index contributed by atoms with van der Waals surface area (Å²) in [5.41, 5.74) is 2.46. The Balaban J connectivity index is 0.000000176. The maximum Gasteiger partial charge on any atom is 0.208 e. The van der Waals surface area contributed by atoms with Crippen LogP contribution in [0.2, 0.25) is 0 Å². The van der Waals surface area contributed by atoms with Crippen LogP contribution in [0.1, 0.15) is 29.9 Å². The van der Waals surface area contributed by atoms with Gasteiger partial charge in [-0.3, -0.25) is 9.78 Å². The molecule has 3 aromatic heterocycles. The van der Waals surface area contributed by atoms with E-state index in [1.165, 1.54) is 6.20 Å². The molecule has 0 aliphatic carbocycles. The van der Waals surface area contributed by atoms with Gasteiger partial charge in [-0.25, -0.2) is 13.4 Å². The second kappa shape index (κ2) is 8.79. The zero-order valence-electron chi connectivity index (χ0n) is 16.2. The molecule has 0 aliphatic rings. The number of carbonyl (C=O) groups excluding carboxylic acids is 1. The fraction of sp³-hybridized carbons (Fsp3) is 0.136. The number of aryl methyl sites for hydroxylation is 1. The molecule has 4 rings (SSSR count). The molecule has 0 saturated carbocycles. The Labute approximate surface area is 169 Å². The van der Waals surface area contributed by atoms with Crippen LogP contribution >= 0.6 is 0 Å². The summed E-state index contributed by atoms with van der Waals surface area (Å²) in [4.78, 5) is 19.7. The van der Waals surface area contributed by atoms with Crippen molar-refractivity contribution in [1.82, 2.24) is 14.4 Å². The Morgan fingerprint density at radius 2 is 1.72 bits per heavy atom. The average Bonchev–Trinajstić information content (AvgIpc) is 3.23. The second-order valence-electron chi connectivity index (χ2n) is 6.32. The molecule has 3 heterocycles. The summed E-state index contributed by atoms with van der Waals surface area (Å²) in [6, 6.07) is 15.3. The van der Waals surface area contributed by atoms with Gasteiger partial charge in [0.1, 0.15) is 5.65 Å². The monoisotopic (exact) mass is 407 g/mol. The molecule has 0 saturated heterocycles. The first-order chi connectivity index (χ1) is 13.9. The summed E-state index contributed by atoms with van der Waals surface area (Å²) in [5.74, 6) is 0.0746. The largest absolute Gasteiger partial charge is 0.306 e. The Hall–Kier alpha value is -3.32. The zero-order valence-corrected chi connectivity index (χ0v) is 17.0. The fourth-order valence-corrected chi connectivity index (χ4v) is 3.87. The van der Waals surface area contributed by atoms with Crippen LogP contribution in [0, 0.1) is 0 Å². The summed E-state index contributed by atoms with van der Waals surface area (Å²) < 4.78 is 26.2. The van der Waals surface area contributed by atoms with E-state index in [2.05, 4.69) is 9.97 Å². The second-order valence-corrected chi connectivity index (χ2v) is 8.27. The van der Waals surface area contributed by atoms with Crippen LogP contribution in [-0.2, 0) is 16.3 Å². The summed E-state index contributed by atoms with van der Waals surface area (Å²) in [6.07, 6.45) is 7.53. The lowest BCUT2D eigenvalue weighted by Gasteiger charge is -2.04. The van der Waals surface area contributed by atoms with Crippen LogP contribution in [0.3, 0.4) is 0 Å². The molecule has 6 nitrogen and oxygen atoms in total. The zero-order chi connectivity index (χ0) is 20.9. The molecule has 0 unspecified atom stereocenters. The number of Topliss-reactive ketones (excluding diaryl/α,β-unsaturated/α-hetero) is 1. The standard InChI is InChI=1S/C13H13NO2S.C9H8N2O/c1-2-11-8-9-13(10-14-11)17(15,16)12-6-4-3-5-7-12;1-7(12)8-2-3-9-10-4-5-11(9)6-8/h3-10H,2H2,1H3;2-6H,1H3. The molecule has 0 radical (unpaired) electrons. The highest BCUT2D eigenvalue weighted by Gasteiger charge is 2.17. The molecule has 1 aromatic carbocycles. The number of aromatic nitrogens is 3. The molecule has 148 valence electrons. The third-order valence-electron chi connectivity index (χ3n) is 4.32. The smallest absolute Gasteiger partial charge is 0.208 e. The van der Waals surface area contributed by atoms with E-state index in [9.17, 15) is 13.2 Å². The van der Waals surface area contributed by atoms with Crippen molar-refractivity contribution in [3.05, 3.63) is 90.6 Å². The van der Waals surface area contributed by atoms with Crippen LogP contribution in [0.4, 0.5) is 0 Å². The van der Waals surface area contributed by atoms with Crippen LogP contribution in [0.5, 0.6) is 0 Å². The minimum Gasteiger partial charge on any atom is -0.306 e. The van der Waals surface area contributed by atoms with Gasteiger partial charge in [0.15, 0.2) is 5.78 Å². The number of carbonyl (C=O) groups is 1. The molecular formula is C22H21N3O3S. The van der Waals surface area contributed by atoms with Crippen molar-refractivity contribution < 1.29 is 13.2 Å². The average molecular weight is 407 g/mol. The van der Waals surface area contributed by atoms with Crippen molar-refractivity contribution in [1.29, 1.82) is 0 Å². The molecule has 0 fully saturated rings. The van der Waals surface area contributed by atoms with Gasteiger partial charge >= 0.3 is 0 Å². The first kappa shape index (κ1) is 20.4. The predicted octanol–water partition coefficient (Wildman–Crippen LogP) is 4.01. The molecule has 0 N–H and O–H groups in total. The summed E-state index contributed by atoms with van der Waals surface area (Å²) in [5, 5.41) is 0. The SMILES string of the molecule is CC(=O)c1ccc2nccn2c1.CCc1ccc(S(=O)(=O)c2ccccc2)cn1. The van der Waals surface area contributed by atoms with E-state index in [1.807, 2.05) is 23.6 Å². The molecule has 0 bridgehead atoms. The number of hydrogen-bond acceptors (Lipinski definition) is 5. The maximum atomic E-state index is 12.2. The van der Waals surface area contributed by atoms with Gasteiger partial charge < -0.3 is 4.40 Å². The van der Waals surface area contributed by atoms with Crippen molar-refractivity contribution in [3.63, 3.8) is 0 Å². The molecule has 0 spiro atoms. The van der Waals surface area contributed by atoms with Crippen LogP contribution in [0.15, 0.2) is 89.2 Å². The molecule has 4 aromatic rings. The van der Waals surface area contributed by atoms with Gasteiger partial charge in [-0.15, -0.1) is 0 Å². The lowest BCUT2D eigenvalue weighted by Crippen LogP contribution is -2.02. The van der Waals surface area contributed by atoms with E-state index in [0.29, 0.717) is 10.5 Å². The van der Waals surface area contributed by atoms with Gasteiger partial charge in [0.25, 0.3) is 0 Å². The molecule has 7 heteroatoms. The highest BCUT2D eigenvalue weighted by atomic mass is 32.2. The van der Waals surface area contributed by atoms with Gasteiger partial charge in [0, 0.05) is 36.0 Å². The lowest BCUT2D eigenvalue weighted by atomic mass is 10.2. The lowest BCUT2D eigenvalue weighted by molar-refractivity contribution is 0.101. The third-order valence-corrected chi connectivity index (χ3v) is 6.07. The maximum absolute atomic E-state index is 12.2. The highest BCUT2D eigenvalue weighted by Crippen LogP contribution is 2.19. The summed E-state index contributed by atoms with van der Waals surface area (Å²) in [6.45, 7) is 3.53. The fourth-order valence-electron chi connectivity index (χ4n) is 2.64. The molecule has 0 aliphatic heterocycles. The number of pyridine rings is 2. The van der Waals surface area contributed by atoms with E-state index in [4.69, 9.17) is 0 Å². The minimum atomic E-state index is -3.43. The first-order valence-electron chi connectivity index (χ1n) is 9.10. The number of ketones is 1. The predicted molar refractivity (Wildman–Crippen MR) is 111 cm³/mol. The number of fused-ring (bicyclic) bond motifs is 1. The number of imidazole rings is 1. The van der Waals surface area contributed by atoms with E-state index in [1.54, 1.807) is 67.8 Å². The number of hydrogen-bond donors (Lipinski definition) is 0. The third kappa shape index (κ3) is 4.75. The molecule has 29 heavy (non-hydrogen) atoms. The quantitative estimate of drug-likeness (QED) is 0.477. The summed E-state index contributed by atoms with van der Waals surface area (Å²) >= 11 is 0. The molecule has 0 amide bonds. The van der Waals surface area contributed by atoms with Crippen LogP contribution in [0.25, 0.3) is 5.65 Å². The van der Waals surface area contributed by atoms with Crippen molar-refractivity contribution in [3.8, 4) is 0 Å². The minimum absolute atomic E-state index is 0.0746. The van der Waals surface area contributed by atoms with Crippen molar-refractivity contribution >= 4 is 21.3 Å². The summed E-state index contributed by atoms with van der Waals surface area (Å²) in [7, 11) is -3.43. The van der Waals surface area contributed by atoms with E-state index in [0.717, 1.165) is 17.8 Å². The van der Waals surface area contributed by atoms with E-state index >= 15 is 0 Å². The van der Waals surface area contributed by atoms with Gasteiger partial charge in [-0.2, -0.15) is 0 Å². The van der Waals surface area contributed by atoms with Gasteiger partial charge in [-0.05, 0) is 49.7 Å². The highest BCUT2D eigenvalue weighted by molar-refractivity contribution is 7.91. The van der Waals surface area contributed by atoms with Crippen molar-refractivity contribution in [2.45, 2.75) is 30.1 Å². The number of rotatable bonds is 4. The van der Waals surface area contributed by atoms with E-state index < -0.39 is 9.84 Å².